The molecule has 2 saturated heterocycles. The first-order valence-corrected chi connectivity index (χ1v) is 6.10. The molecule has 2 atom stereocenters. The van der Waals surface area contributed by atoms with E-state index in [1.54, 1.807) is 0 Å². The first kappa shape index (κ1) is 10.3. The lowest BCUT2D eigenvalue weighted by Crippen LogP contribution is -2.08. The summed E-state index contributed by atoms with van der Waals surface area (Å²) in [5.41, 5.74) is 1.12. The first-order chi connectivity index (χ1) is 7.84. The summed E-state index contributed by atoms with van der Waals surface area (Å²) < 4.78 is 11.2. The molecule has 1 aromatic rings. The number of aromatic nitrogens is 1. The molecule has 4 heteroatoms. The third-order valence-corrected chi connectivity index (χ3v) is 3.57. The normalized spacial score (nSPS) is 30.1. The van der Waals surface area contributed by atoms with E-state index >= 15 is 0 Å². The maximum absolute atomic E-state index is 5.80. The number of rotatable bonds is 2. The largest absolute Gasteiger partial charge is 0.445 e. The van der Waals surface area contributed by atoms with Crippen LogP contribution in [0.15, 0.2) is 4.42 Å². The summed E-state index contributed by atoms with van der Waals surface area (Å²) in [5.74, 6) is 2.82. The number of oxazole rings is 1. The number of nitrogens with one attached hydrogen (secondary N) is 1. The van der Waals surface area contributed by atoms with Crippen LogP contribution >= 0.6 is 0 Å². The van der Waals surface area contributed by atoms with Crippen molar-refractivity contribution >= 4 is 0 Å². The number of aryl methyl sites for hydroxylation is 1. The third kappa shape index (κ3) is 1.76. The van der Waals surface area contributed by atoms with Gasteiger partial charge in [0.2, 0.25) is 0 Å². The molecule has 2 aliphatic rings. The molecule has 3 heterocycles. The van der Waals surface area contributed by atoms with Gasteiger partial charge in [-0.25, -0.2) is 4.98 Å². The molecule has 2 unspecified atom stereocenters. The van der Waals surface area contributed by atoms with Crippen molar-refractivity contribution in [3.8, 4) is 0 Å². The molecule has 0 aliphatic carbocycles. The van der Waals surface area contributed by atoms with Crippen LogP contribution in [0, 0.1) is 6.92 Å². The molecule has 4 nitrogen and oxygen atoms in total. The molecular formula is C12H18N2O2. The van der Waals surface area contributed by atoms with Crippen molar-refractivity contribution in [3.63, 3.8) is 0 Å². The van der Waals surface area contributed by atoms with E-state index in [0.29, 0.717) is 11.8 Å². The molecule has 0 aromatic carbocycles. The van der Waals surface area contributed by atoms with Gasteiger partial charge in [-0.2, -0.15) is 0 Å². The van der Waals surface area contributed by atoms with Gasteiger partial charge >= 0.3 is 0 Å². The fourth-order valence-corrected chi connectivity index (χ4v) is 2.60. The average Bonchev–Trinajstić information content (AvgIpc) is 2.97. The average molecular weight is 222 g/mol. The van der Waals surface area contributed by atoms with Crippen molar-refractivity contribution in [3.05, 3.63) is 17.3 Å². The van der Waals surface area contributed by atoms with E-state index in [-0.39, 0.29) is 0 Å². The van der Waals surface area contributed by atoms with Crippen LogP contribution in [-0.2, 0) is 4.74 Å². The minimum atomic E-state index is 0.451. The number of hydrogen-bond acceptors (Lipinski definition) is 4. The fourth-order valence-electron chi connectivity index (χ4n) is 2.60. The Bertz CT molecular complexity index is 363. The zero-order valence-electron chi connectivity index (χ0n) is 9.66. The van der Waals surface area contributed by atoms with E-state index in [2.05, 4.69) is 10.3 Å². The van der Waals surface area contributed by atoms with Crippen molar-refractivity contribution in [2.45, 2.75) is 31.6 Å². The molecule has 0 bridgehead atoms. The van der Waals surface area contributed by atoms with Gasteiger partial charge in [0.1, 0.15) is 5.76 Å². The lowest BCUT2D eigenvalue weighted by atomic mass is 10.0. The van der Waals surface area contributed by atoms with Crippen molar-refractivity contribution < 1.29 is 9.15 Å². The minimum absolute atomic E-state index is 0.451. The molecule has 2 fully saturated rings. The zero-order chi connectivity index (χ0) is 11.0. The molecular weight excluding hydrogens is 204 g/mol. The summed E-state index contributed by atoms with van der Waals surface area (Å²) in [6, 6.07) is 0. The lowest BCUT2D eigenvalue weighted by Gasteiger charge is -2.03. The highest BCUT2D eigenvalue weighted by Gasteiger charge is 2.27. The predicted octanol–water partition coefficient (Wildman–Crippen LogP) is 1.56. The Hall–Kier alpha value is -0.870. The Morgan fingerprint density at radius 1 is 1.31 bits per heavy atom. The standard InChI is InChI=1S/C12H18N2O2/c1-8-11(10-3-5-15-7-10)14-12(16-8)9-2-4-13-6-9/h9-10,13H,2-7H2,1H3. The van der Waals surface area contributed by atoms with Crippen molar-refractivity contribution in [2.75, 3.05) is 26.3 Å². The summed E-state index contributed by atoms with van der Waals surface area (Å²) in [6.45, 7) is 5.76. The molecule has 0 radical (unpaired) electrons. The fraction of sp³-hybridized carbons (Fsp3) is 0.750. The van der Waals surface area contributed by atoms with Gasteiger partial charge < -0.3 is 14.5 Å². The Morgan fingerprint density at radius 2 is 2.25 bits per heavy atom. The molecule has 16 heavy (non-hydrogen) atoms. The van der Waals surface area contributed by atoms with Gasteiger partial charge in [-0.3, -0.25) is 0 Å². The quantitative estimate of drug-likeness (QED) is 0.825. The van der Waals surface area contributed by atoms with Gasteiger partial charge in [-0.15, -0.1) is 0 Å². The smallest absolute Gasteiger partial charge is 0.199 e. The van der Waals surface area contributed by atoms with E-state index in [0.717, 1.165) is 56.5 Å². The predicted molar refractivity (Wildman–Crippen MR) is 59.6 cm³/mol. The zero-order valence-corrected chi connectivity index (χ0v) is 9.66. The SMILES string of the molecule is Cc1oc(C2CCNC2)nc1C1CCOC1. The second-order valence-corrected chi connectivity index (χ2v) is 4.74. The van der Waals surface area contributed by atoms with Crippen LogP contribution in [0.25, 0.3) is 0 Å². The van der Waals surface area contributed by atoms with E-state index in [1.165, 1.54) is 0 Å². The van der Waals surface area contributed by atoms with Gasteiger partial charge in [0.05, 0.1) is 12.3 Å². The van der Waals surface area contributed by atoms with Gasteiger partial charge in [-0.05, 0) is 26.3 Å². The maximum Gasteiger partial charge on any atom is 0.199 e. The molecule has 0 spiro atoms. The maximum atomic E-state index is 5.80. The Kier molecular flexibility index (Phi) is 2.69. The van der Waals surface area contributed by atoms with Crippen LogP contribution in [0.4, 0.5) is 0 Å². The van der Waals surface area contributed by atoms with E-state index in [1.807, 2.05) is 6.92 Å². The molecule has 88 valence electrons. The second kappa shape index (κ2) is 4.18. The van der Waals surface area contributed by atoms with Crippen LogP contribution in [0.2, 0.25) is 0 Å². The molecule has 0 amide bonds. The topological polar surface area (TPSA) is 47.3 Å². The van der Waals surface area contributed by atoms with Crippen molar-refractivity contribution in [1.82, 2.24) is 10.3 Å². The van der Waals surface area contributed by atoms with Crippen LogP contribution in [0.5, 0.6) is 0 Å². The Morgan fingerprint density at radius 3 is 2.94 bits per heavy atom. The molecule has 3 rings (SSSR count). The van der Waals surface area contributed by atoms with Crippen molar-refractivity contribution in [2.24, 2.45) is 0 Å². The summed E-state index contributed by atoms with van der Waals surface area (Å²) in [5, 5.41) is 3.34. The summed E-state index contributed by atoms with van der Waals surface area (Å²) >= 11 is 0. The van der Waals surface area contributed by atoms with Crippen LogP contribution in [0.3, 0.4) is 0 Å². The van der Waals surface area contributed by atoms with Crippen molar-refractivity contribution in [1.29, 1.82) is 0 Å². The van der Waals surface area contributed by atoms with Crippen LogP contribution in [0.1, 0.15) is 42.0 Å². The number of ether oxygens (including phenoxy) is 1. The molecule has 2 aliphatic heterocycles. The first-order valence-electron chi connectivity index (χ1n) is 6.10. The number of hydrogen-bond donors (Lipinski definition) is 1. The van der Waals surface area contributed by atoms with Crippen LogP contribution < -0.4 is 5.32 Å². The van der Waals surface area contributed by atoms with E-state index < -0.39 is 0 Å². The van der Waals surface area contributed by atoms with Crippen LogP contribution in [-0.4, -0.2) is 31.3 Å². The highest BCUT2D eigenvalue weighted by molar-refractivity contribution is 5.17. The number of nitrogens with zero attached hydrogens (tertiary/aromatic N) is 1. The second-order valence-electron chi connectivity index (χ2n) is 4.74. The molecule has 1 N–H and O–H groups in total. The summed E-state index contributed by atoms with van der Waals surface area (Å²) in [4.78, 5) is 4.69. The highest BCUT2D eigenvalue weighted by Crippen LogP contribution is 2.30. The van der Waals surface area contributed by atoms with Gasteiger partial charge in [0.25, 0.3) is 0 Å². The molecule has 1 aromatic heterocycles. The summed E-state index contributed by atoms with van der Waals surface area (Å²) in [6.07, 6.45) is 2.22. The Balaban J connectivity index is 1.83. The summed E-state index contributed by atoms with van der Waals surface area (Å²) in [7, 11) is 0. The Labute approximate surface area is 95.4 Å². The third-order valence-electron chi connectivity index (χ3n) is 3.57. The van der Waals surface area contributed by atoms with E-state index in [4.69, 9.17) is 9.15 Å². The van der Waals surface area contributed by atoms with Gasteiger partial charge in [-0.1, -0.05) is 0 Å². The van der Waals surface area contributed by atoms with E-state index in [9.17, 15) is 0 Å². The van der Waals surface area contributed by atoms with Gasteiger partial charge in [0.15, 0.2) is 5.89 Å². The minimum Gasteiger partial charge on any atom is -0.445 e. The van der Waals surface area contributed by atoms with Gasteiger partial charge in [0, 0.05) is 25.0 Å². The monoisotopic (exact) mass is 222 g/mol. The lowest BCUT2D eigenvalue weighted by molar-refractivity contribution is 0.193. The molecule has 0 saturated carbocycles. The highest BCUT2D eigenvalue weighted by atomic mass is 16.5.